The van der Waals surface area contributed by atoms with Crippen molar-refractivity contribution in [3.8, 4) is 11.1 Å². The van der Waals surface area contributed by atoms with E-state index in [4.69, 9.17) is 5.73 Å². The Morgan fingerprint density at radius 3 is 2.30 bits per heavy atom. The van der Waals surface area contributed by atoms with Gasteiger partial charge in [0.1, 0.15) is 0 Å². The Labute approximate surface area is 135 Å². The summed E-state index contributed by atoms with van der Waals surface area (Å²) in [4.78, 5) is 15.9. The third-order valence-electron chi connectivity index (χ3n) is 4.10. The fourth-order valence-electron chi connectivity index (χ4n) is 2.79. The molecule has 0 aliphatic carbocycles. The van der Waals surface area contributed by atoms with Gasteiger partial charge in [-0.1, -0.05) is 43.3 Å². The van der Waals surface area contributed by atoms with E-state index in [-0.39, 0.29) is 5.92 Å². The van der Waals surface area contributed by atoms with Crippen LogP contribution in [0.5, 0.6) is 0 Å². The lowest BCUT2D eigenvalue weighted by Crippen LogP contribution is -2.15. The van der Waals surface area contributed by atoms with E-state index in [2.05, 4.69) is 24.0 Å². The summed E-state index contributed by atoms with van der Waals surface area (Å²) in [5.41, 5.74) is 10.4. The number of benzene rings is 2. The number of hydrogen-bond acceptors (Lipinski definition) is 2. The number of primary amides is 1. The summed E-state index contributed by atoms with van der Waals surface area (Å²) in [6.45, 7) is 2.09. The second-order valence-corrected chi connectivity index (χ2v) is 5.53. The zero-order valence-electron chi connectivity index (χ0n) is 12.9. The third-order valence-corrected chi connectivity index (χ3v) is 4.10. The van der Waals surface area contributed by atoms with Crippen LogP contribution >= 0.6 is 0 Å². The van der Waals surface area contributed by atoms with Gasteiger partial charge in [-0.05, 0) is 46.5 Å². The maximum absolute atomic E-state index is 11.8. The van der Waals surface area contributed by atoms with Gasteiger partial charge in [-0.25, -0.2) is 0 Å². The number of hydrogen-bond donors (Lipinski definition) is 1. The highest BCUT2D eigenvalue weighted by Gasteiger charge is 2.17. The van der Waals surface area contributed by atoms with E-state index in [0.29, 0.717) is 5.56 Å². The summed E-state index contributed by atoms with van der Waals surface area (Å²) in [5.74, 6) is -0.315. The number of pyridine rings is 1. The summed E-state index contributed by atoms with van der Waals surface area (Å²) < 4.78 is 0. The molecule has 23 heavy (non-hydrogen) atoms. The average Bonchev–Trinajstić information content (AvgIpc) is 2.62. The molecule has 0 saturated carbocycles. The van der Waals surface area contributed by atoms with Crippen molar-refractivity contribution in [3.05, 3.63) is 89.7 Å². The first-order valence-electron chi connectivity index (χ1n) is 7.56. The summed E-state index contributed by atoms with van der Waals surface area (Å²) in [6, 6.07) is 19.8. The maximum Gasteiger partial charge on any atom is 0.248 e. The van der Waals surface area contributed by atoms with E-state index in [9.17, 15) is 4.79 Å². The molecular formula is C20H18N2O. The SMILES string of the molecule is C[C@H](c1ccccc1)c1cc(-c2ccncc2)ccc1C(N)=O. The highest BCUT2D eigenvalue weighted by Crippen LogP contribution is 2.30. The Bertz CT molecular complexity index is 814. The molecule has 0 aliphatic heterocycles. The molecule has 0 bridgehead atoms. The molecule has 2 aromatic carbocycles. The van der Waals surface area contributed by atoms with E-state index in [0.717, 1.165) is 22.3 Å². The first-order valence-corrected chi connectivity index (χ1v) is 7.56. The molecule has 1 heterocycles. The van der Waals surface area contributed by atoms with Crippen molar-refractivity contribution >= 4 is 5.91 Å². The van der Waals surface area contributed by atoms with Crippen molar-refractivity contribution in [2.24, 2.45) is 5.73 Å². The van der Waals surface area contributed by atoms with Gasteiger partial charge in [0.05, 0.1) is 0 Å². The summed E-state index contributed by atoms with van der Waals surface area (Å²) in [5, 5.41) is 0. The molecule has 0 aliphatic rings. The van der Waals surface area contributed by atoms with Crippen molar-refractivity contribution in [2.45, 2.75) is 12.8 Å². The molecule has 3 nitrogen and oxygen atoms in total. The van der Waals surface area contributed by atoms with Gasteiger partial charge in [-0.3, -0.25) is 9.78 Å². The lowest BCUT2D eigenvalue weighted by molar-refractivity contribution is 0.0999. The Morgan fingerprint density at radius 1 is 0.957 bits per heavy atom. The molecule has 1 atom stereocenters. The maximum atomic E-state index is 11.8. The van der Waals surface area contributed by atoms with Crippen molar-refractivity contribution in [2.75, 3.05) is 0 Å². The molecule has 3 aromatic rings. The minimum absolute atomic E-state index is 0.0838. The number of carbonyl (C=O) groups is 1. The van der Waals surface area contributed by atoms with E-state index in [1.807, 2.05) is 48.5 Å². The van der Waals surface area contributed by atoms with Crippen LogP contribution in [-0.4, -0.2) is 10.9 Å². The van der Waals surface area contributed by atoms with Crippen LogP contribution in [0, 0.1) is 0 Å². The summed E-state index contributed by atoms with van der Waals surface area (Å²) in [6.07, 6.45) is 3.52. The Kier molecular flexibility index (Phi) is 4.20. The Morgan fingerprint density at radius 2 is 1.65 bits per heavy atom. The van der Waals surface area contributed by atoms with Crippen LogP contribution in [0.15, 0.2) is 73.1 Å². The van der Waals surface area contributed by atoms with Gasteiger partial charge in [0.25, 0.3) is 0 Å². The zero-order chi connectivity index (χ0) is 16.2. The van der Waals surface area contributed by atoms with Crippen LogP contribution in [0.25, 0.3) is 11.1 Å². The monoisotopic (exact) mass is 302 g/mol. The van der Waals surface area contributed by atoms with Crippen LogP contribution < -0.4 is 5.73 Å². The van der Waals surface area contributed by atoms with Gasteiger partial charge < -0.3 is 5.73 Å². The third kappa shape index (κ3) is 3.14. The molecule has 0 fully saturated rings. The molecule has 3 rings (SSSR count). The van der Waals surface area contributed by atoms with Crippen LogP contribution in [0.2, 0.25) is 0 Å². The van der Waals surface area contributed by atoms with E-state index in [1.54, 1.807) is 12.4 Å². The van der Waals surface area contributed by atoms with Crippen LogP contribution in [0.3, 0.4) is 0 Å². The fraction of sp³-hybridized carbons (Fsp3) is 0.100. The van der Waals surface area contributed by atoms with Gasteiger partial charge in [-0.2, -0.15) is 0 Å². The van der Waals surface area contributed by atoms with E-state index < -0.39 is 5.91 Å². The largest absolute Gasteiger partial charge is 0.366 e. The van der Waals surface area contributed by atoms with Gasteiger partial charge in [-0.15, -0.1) is 0 Å². The minimum atomic E-state index is -0.399. The Hall–Kier alpha value is -2.94. The smallest absolute Gasteiger partial charge is 0.248 e. The Balaban J connectivity index is 2.11. The number of aromatic nitrogens is 1. The fourth-order valence-corrected chi connectivity index (χ4v) is 2.79. The molecular weight excluding hydrogens is 284 g/mol. The van der Waals surface area contributed by atoms with Crippen molar-refractivity contribution in [3.63, 3.8) is 0 Å². The topological polar surface area (TPSA) is 56.0 Å². The van der Waals surface area contributed by atoms with Crippen LogP contribution in [0.1, 0.15) is 34.3 Å². The molecule has 1 amide bonds. The normalized spacial score (nSPS) is 11.9. The van der Waals surface area contributed by atoms with Crippen LogP contribution in [0.4, 0.5) is 0 Å². The van der Waals surface area contributed by atoms with Gasteiger partial charge >= 0.3 is 0 Å². The molecule has 0 unspecified atom stereocenters. The predicted octanol–water partition coefficient (Wildman–Crippen LogP) is 4.00. The average molecular weight is 302 g/mol. The van der Waals surface area contributed by atoms with Crippen molar-refractivity contribution < 1.29 is 4.79 Å². The highest BCUT2D eigenvalue weighted by atomic mass is 16.1. The highest BCUT2D eigenvalue weighted by molar-refractivity contribution is 5.95. The van der Waals surface area contributed by atoms with E-state index >= 15 is 0 Å². The van der Waals surface area contributed by atoms with E-state index in [1.165, 1.54) is 0 Å². The summed E-state index contributed by atoms with van der Waals surface area (Å²) >= 11 is 0. The molecule has 2 N–H and O–H groups in total. The first kappa shape index (κ1) is 15.0. The number of amides is 1. The van der Waals surface area contributed by atoms with Crippen molar-refractivity contribution in [1.82, 2.24) is 4.98 Å². The lowest BCUT2D eigenvalue weighted by Gasteiger charge is -2.17. The molecule has 0 saturated heterocycles. The standard InChI is InChI=1S/C20H18N2O/c1-14(15-5-3-2-4-6-15)19-13-17(7-8-18(19)20(21)23)16-9-11-22-12-10-16/h2-14H,1H3,(H2,21,23)/t14-/m1/s1. The predicted molar refractivity (Wildman–Crippen MR) is 92.1 cm³/mol. The number of carbonyl (C=O) groups excluding carboxylic acids is 1. The van der Waals surface area contributed by atoms with Crippen molar-refractivity contribution in [1.29, 1.82) is 0 Å². The molecule has 0 radical (unpaired) electrons. The van der Waals surface area contributed by atoms with Gasteiger partial charge in [0.2, 0.25) is 5.91 Å². The van der Waals surface area contributed by atoms with Gasteiger partial charge in [0, 0.05) is 23.9 Å². The second-order valence-electron chi connectivity index (χ2n) is 5.53. The number of nitrogens with two attached hydrogens (primary N) is 1. The summed E-state index contributed by atoms with van der Waals surface area (Å²) in [7, 11) is 0. The number of nitrogens with zero attached hydrogens (tertiary/aromatic N) is 1. The molecule has 1 aromatic heterocycles. The molecule has 0 spiro atoms. The zero-order valence-corrected chi connectivity index (χ0v) is 12.9. The minimum Gasteiger partial charge on any atom is -0.366 e. The molecule has 3 heteroatoms. The second kappa shape index (κ2) is 6.44. The molecule has 114 valence electrons. The quantitative estimate of drug-likeness (QED) is 0.792. The lowest BCUT2D eigenvalue weighted by atomic mass is 9.87. The number of rotatable bonds is 4. The van der Waals surface area contributed by atoms with Gasteiger partial charge in [0.15, 0.2) is 0 Å². The van der Waals surface area contributed by atoms with Crippen LogP contribution in [-0.2, 0) is 0 Å². The first-order chi connectivity index (χ1) is 11.2.